The summed E-state index contributed by atoms with van der Waals surface area (Å²) in [7, 11) is 0. The zero-order valence-electron chi connectivity index (χ0n) is 10.6. The minimum absolute atomic E-state index is 0.137. The van der Waals surface area contributed by atoms with Crippen LogP contribution in [0.3, 0.4) is 0 Å². The molecule has 0 amide bonds. The van der Waals surface area contributed by atoms with Crippen LogP contribution in [-0.2, 0) is 10.2 Å². The second-order valence-electron chi connectivity index (χ2n) is 5.23. The smallest absolute Gasteiger partial charge is 0.0949 e. The molecule has 2 N–H and O–H groups in total. The SMILES string of the molecule is CC(C)(CO)c1cccc(C2CNCCO2)c1. The molecule has 1 unspecified atom stereocenters. The molecule has 0 aliphatic carbocycles. The number of ether oxygens (including phenoxy) is 1. The van der Waals surface area contributed by atoms with Crippen molar-refractivity contribution in [3.63, 3.8) is 0 Å². The quantitative estimate of drug-likeness (QED) is 0.836. The summed E-state index contributed by atoms with van der Waals surface area (Å²) < 4.78 is 5.74. The minimum atomic E-state index is -0.196. The van der Waals surface area contributed by atoms with E-state index in [-0.39, 0.29) is 18.1 Å². The Morgan fingerprint density at radius 3 is 2.94 bits per heavy atom. The molecule has 1 saturated heterocycles. The van der Waals surface area contributed by atoms with E-state index in [1.54, 1.807) is 0 Å². The lowest BCUT2D eigenvalue weighted by Gasteiger charge is -2.27. The highest BCUT2D eigenvalue weighted by Gasteiger charge is 2.22. The van der Waals surface area contributed by atoms with Crippen molar-refractivity contribution >= 4 is 0 Å². The van der Waals surface area contributed by atoms with E-state index in [9.17, 15) is 5.11 Å². The van der Waals surface area contributed by atoms with E-state index < -0.39 is 0 Å². The van der Waals surface area contributed by atoms with Crippen molar-refractivity contribution in [3.05, 3.63) is 35.4 Å². The van der Waals surface area contributed by atoms with Gasteiger partial charge >= 0.3 is 0 Å². The predicted molar refractivity (Wildman–Crippen MR) is 68.1 cm³/mol. The Balaban J connectivity index is 2.21. The molecular formula is C14H21NO2. The molecule has 3 heteroatoms. The maximum absolute atomic E-state index is 9.41. The molecule has 0 spiro atoms. The number of morpholine rings is 1. The van der Waals surface area contributed by atoms with Crippen molar-refractivity contribution in [2.75, 3.05) is 26.3 Å². The number of aliphatic hydroxyl groups excluding tert-OH is 1. The van der Waals surface area contributed by atoms with Crippen LogP contribution in [0, 0.1) is 0 Å². The Labute approximate surface area is 103 Å². The van der Waals surface area contributed by atoms with Gasteiger partial charge in [0, 0.05) is 18.5 Å². The van der Waals surface area contributed by atoms with Crippen LogP contribution in [0.15, 0.2) is 24.3 Å². The Morgan fingerprint density at radius 1 is 1.47 bits per heavy atom. The van der Waals surface area contributed by atoms with Gasteiger partial charge in [0.15, 0.2) is 0 Å². The molecule has 0 radical (unpaired) electrons. The van der Waals surface area contributed by atoms with Crippen LogP contribution < -0.4 is 5.32 Å². The van der Waals surface area contributed by atoms with Gasteiger partial charge in [-0.05, 0) is 11.1 Å². The van der Waals surface area contributed by atoms with Gasteiger partial charge in [0.25, 0.3) is 0 Å². The summed E-state index contributed by atoms with van der Waals surface area (Å²) in [5.41, 5.74) is 2.15. The maximum atomic E-state index is 9.41. The second kappa shape index (κ2) is 5.17. The first kappa shape index (κ1) is 12.6. The standard InChI is InChI=1S/C14H21NO2/c1-14(2,10-16)12-5-3-4-11(8-12)13-9-15-6-7-17-13/h3-5,8,13,15-16H,6-7,9-10H2,1-2H3. The fourth-order valence-electron chi connectivity index (χ4n) is 2.03. The molecule has 0 bridgehead atoms. The molecule has 3 nitrogen and oxygen atoms in total. The van der Waals surface area contributed by atoms with Gasteiger partial charge in [0.2, 0.25) is 0 Å². The fourth-order valence-corrected chi connectivity index (χ4v) is 2.03. The average molecular weight is 235 g/mol. The second-order valence-corrected chi connectivity index (χ2v) is 5.23. The topological polar surface area (TPSA) is 41.5 Å². The predicted octanol–water partition coefficient (Wildman–Crippen LogP) is 1.62. The Bertz CT molecular complexity index is 370. The molecule has 1 aromatic carbocycles. The monoisotopic (exact) mass is 235 g/mol. The summed E-state index contributed by atoms with van der Waals surface area (Å²) in [6.45, 7) is 6.80. The third-order valence-electron chi connectivity index (χ3n) is 3.36. The number of nitrogens with one attached hydrogen (secondary N) is 1. The summed E-state index contributed by atoms with van der Waals surface area (Å²) in [5, 5.41) is 12.7. The highest BCUT2D eigenvalue weighted by molar-refractivity contribution is 5.31. The molecule has 1 aliphatic rings. The summed E-state index contributed by atoms with van der Waals surface area (Å²) in [6.07, 6.45) is 0.137. The van der Waals surface area contributed by atoms with E-state index in [0.717, 1.165) is 25.3 Å². The number of rotatable bonds is 3. The number of hydrogen-bond donors (Lipinski definition) is 2. The lowest BCUT2D eigenvalue weighted by molar-refractivity contribution is 0.0276. The van der Waals surface area contributed by atoms with Crippen molar-refractivity contribution in [1.29, 1.82) is 0 Å². The first-order valence-corrected chi connectivity index (χ1v) is 6.17. The molecule has 0 saturated carbocycles. The highest BCUT2D eigenvalue weighted by atomic mass is 16.5. The van der Waals surface area contributed by atoms with Crippen molar-refractivity contribution in [2.24, 2.45) is 0 Å². The largest absolute Gasteiger partial charge is 0.395 e. The number of benzene rings is 1. The molecule has 2 rings (SSSR count). The van der Waals surface area contributed by atoms with Crippen molar-refractivity contribution in [2.45, 2.75) is 25.4 Å². The Hall–Kier alpha value is -0.900. The third kappa shape index (κ3) is 2.86. The van der Waals surface area contributed by atoms with Crippen LogP contribution in [0.1, 0.15) is 31.1 Å². The van der Waals surface area contributed by atoms with Gasteiger partial charge in [-0.25, -0.2) is 0 Å². The van der Waals surface area contributed by atoms with Gasteiger partial charge in [-0.1, -0.05) is 38.1 Å². The lowest BCUT2D eigenvalue weighted by atomic mass is 9.84. The van der Waals surface area contributed by atoms with Crippen LogP contribution in [0.25, 0.3) is 0 Å². The normalized spacial score (nSPS) is 21.5. The zero-order chi connectivity index (χ0) is 12.3. The maximum Gasteiger partial charge on any atom is 0.0949 e. The summed E-state index contributed by atoms with van der Waals surface area (Å²) in [5.74, 6) is 0. The number of hydrogen-bond acceptors (Lipinski definition) is 3. The summed E-state index contributed by atoms with van der Waals surface area (Å²) in [6, 6.07) is 8.35. The van der Waals surface area contributed by atoms with Gasteiger partial charge in [-0.15, -0.1) is 0 Å². The molecule has 1 heterocycles. The molecule has 1 fully saturated rings. The average Bonchev–Trinajstić information content (AvgIpc) is 2.40. The van der Waals surface area contributed by atoms with E-state index in [0.29, 0.717) is 0 Å². The van der Waals surface area contributed by atoms with Gasteiger partial charge < -0.3 is 15.2 Å². The molecule has 94 valence electrons. The molecule has 1 atom stereocenters. The molecular weight excluding hydrogens is 214 g/mol. The van der Waals surface area contributed by atoms with Crippen LogP contribution in [0.4, 0.5) is 0 Å². The summed E-state index contributed by atoms with van der Waals surface area (Å²) >= 11 is 0. The first-order valence-electron chi connectivity index (χ1n) is 6.17. The van der Waals surface area contributed by atoms with Gasteiger partial charge in [-0.3, -0.25) is 0 Å². The van der Waals surface area contributed by atoms with Gasteiger partial charge in [0.05, 0.1) is 19.3 Å². The molecule has 1 aliphatic heterocycles. The molecule has 1 aromatic rings. The Kier molecular flexibility index (Phi) is 3.82. The highest BCUT2D eigenvalue weighted by Crippen LogP contribution is 2.26. The van der Waals surface area contributed by atoms with Crippen LogP contribution in [0.5, 0.6) is 0 Å². The fraction of sp³-hybridized carbons (Fsp3) is 0.571. The minimum Gasteiger partial charge on any atom is -0.395 e. The molecule has 0 aromatic heterocycles. The van der Waals surface area contributed by atoms with Crippen LogP contribution in [-0.4, -0.2) is 31.4 Å². The van der Waals surface area contributed by atoms with E-state index in [2.05, 4.69) is 23.5 Å². The lowest BCUT2D eigenvalue weighted by Crippen LogP contribution is -2.33. The zero-order valence-corrected chi connectivity index (χ0v) is 10.6. The van der Waals surface area contributed by atoms with E-state index in [4.69, 9.17) is 4.74 Å². The summed E-state index contributed by atoms with van der Waals surface area (Å²) in [4.78, 5) is 0. The van der Waals surface area contributed by atoms with Crippen molar-refractivity contribution in [1.82, 2.24) is 5.32 Å². The van der Waals surface area contributed by atoms with E-state index in [1.807, 2.05) is 19.9 Å². The van der Waals surface area contributed by atoms with Crippen LogP contribution in [0.2, 0.25) is 0 Å². The van der Waals surface area contributed by atoms with E-state index >= 15 is 0 Å². The van der Waals surface area contributed by atoms with Crippen molar-refractivity contribution in [3.8, 4) is 0 Å². The molecule has 17 heavy (non-hydrogen) atoms. The van der Waals surface area contributed by atoms with Gasteiger partial charge in [-0.2, -0.15) is 0 Å². The first-order chi connectivity index (χ1) is 8.13. The van der Waals surface area contributed by atoms with Crippen molar-refractivity contribution < 1.29 is 9.84 Å². The third-order valence-corrected chi connectivity index (χ3v) is 3.36. The Morgan fingerprint density at radius 2 is 2.29 bits per heavy atom. The van der Waals surface area contributed by atoms with Gasteiger partial charge in [0.1, 0.15) is 0 Å². The number of aliphatic hydroxyl groups is 1. The van der Waals surface area contributed by atoms with Crippen LogP contribution >= 0.6 is 0 Å². The van der Waals surface area contributed by atoms with E-state index in [1.165, 1.54) is 5.56 Å².